The maximum atomic E-state index is 12.6. The molecular weight excluding hydrogens is 284 g/mol. The Morgan fingerprint density at radius 2 is 1.95 bits per heavy atom. The summed E-state index contributed by atoms with van der Waals surface area (Å²) in [6, 6.07) is 1.70. The highest BCUT2D eigenvalue weighted by molar-refractivity contribution is 5.95. The van der Waals surface area contributed by atoms with Gasteiger partial charge in [-0.1, -0.05) is 0 Å². The summed E-state index contributed by atoms with van der Waals surface area (Å²) in [6.45, 7) is 5.52. The first-order valence-electron chi connectivity index (χ1n) is 7.86. The van der Waals surface area contributed by atoms with Crippen LogP contribution in [0.4, 0.5) is 0 Å². The number of carbonyl (C=O) groups excluding carboxylic acids is 2. The normalized spacial score (nSPS) is 22.7. The molecule has 6 heteroatoms. The van der Waals surface area contributed by atoms with Crippen molar-refractivity contribution in [3.63, 3.8) is 0 Å². The number of nitrogens with zero attached hydrogens (tertiary/aromatic N) is 2. The van der Waals surface area contributed by atoms with Gasteiger partial charge in [0.25, 0.3) is 5.91 Å². The van der Waals surface area contributed by atoms with Gasteiger partial charge in [-0.25, -0.2) is 0 Å². The van der Waals surface area contributed by atoms with Gasteiger partial charge in [-0.3, -0.25) is 9.59 Å². The summed E-state index contributed by atoms with van der Waals surface area (Å²) in [4.78, 5) is 28.8. The molecule has 1 aromatic heterocycles. The lowest BCUT2D eigenvalue weighted by Crippen LogP contribution is -2.49. The van der Waals surface area contributed by atoms with Gasteiger partial charge >= 0.3 is 0 Å². The zero-order valence-corrected chi connectivity index (χ0v) is 12.9. The molecule has 2 aliphatic rings. The van der Waals surface area contributed by atoms with E-state index < -0.39 is 0 Å². The van der Waals surface area contributed by atoms with Gasteiger partial charge in [-0.15, -0.1) is 0 Å². The third kappa shape index (κ3) is 3.02. The van der Waals surface area contributed by atoms with E-state index in [9.17, 15) is 9.59 Å². The highest BCUT2D eigenvalue weighted by Gasteiger charge is 2.32. The van der Waals surface area contributed by atoms with Gasteiger partial charge in [-0.05, 0) is 25.8 Å². The number of hydrogen-bond acceptors (Lipinski definition) is 4. The predicted molar refractivity (Wildman–Crippen MR) is 79.5 cm³/mol. The minimum absolute atomic E-state index is 0.0364. The first-order valence-corrected chi connectivity index (χ1v) is 7.86. The lowest BCUT2D eigenvalue weighted by atomic mass is 9.95. The van der Waals surface area contributed by atoms with Crippen LogP contribution in [0.5, 0.6) is 0 Å². The summed E-state index contributed by atoms with van der Waals surface area (Å²) in [5, 5.41) is 0. The minimum Gasteiger partial charge on any atom is -0.469 e. The van der Waals surface area contributed by atoms with E-state index in [0.717, 1.165) is 12.8 Å². The van der Waals surface area contributed by atoms with Crippen molar-refractivity contribution in [2.24, 2.45) is 5.92 Å². The molecule has 0 bridgehead atoms. The fraction of sp³-hybridized carbons (Fsp3) is 0.625. The lowest BCUT2D eigenvalue weighted by molar-refractivity contribution is -0.141. The van der Waals surface area contributed by atoms with Crippen LogP contribution in [0.1, 0.15) is 29.0 Å². The standard InChI is InChI=1S/C16H22N2O4/c1-12-14(4-8-22-12)16(20)18-5-2-3-13(11-18)15(19)17-6-9-21-10-7-17/h4,8,13H,2-3,5-7,9-11H2,1H3/t13-/m0/s1. The van der Waals surface area contributed by atoms with Crippen molar-refractivity contribution in [2.75, 3.05) is 39.4 Å². The number of carbonyl (C=O) groups is 2. The lowest BCUT2D eigenvalue weighted by Gasteiger charge is -2.36. The number of ether oxygens (including phenoxy) is 1. The zero-order chi connectivity index (χ0) is 15.5. The van der Waals surface area contributed by atoms with Gasteiger partial charge in [0.05, 0.1) is 31.0 Å². The van der Waals surface area contributed by atoms with Crippen molar-refractivity contribution in [3.05, 3.63) is 23.7 Å². The molecule has 0 unspecified atom stereocenters. The van der Waals surface area contributed by atoms with Crippen LogP contribution in [0.15, 0.2) is 16.7 Å². The number of rotatable bonds is 2. The van der Waals surface area contributed by atoms with Gasteiger partial charge in [0.15, 0.2) is 0 Å². The van der Waals surface area contributed by atoms with E-state index >= 15 is 0 Å². The van der Waals surface area contributed by atoms with E-state index in [1.807, 2.05) is 4.90 Å². The molecule has 2 amide bonds. The molecule has 0 radical (unpaired) electrons. The van der Waals surface area contributed by atoms with E-state index in [4.69, 9.17) is 9.15 Å². The number of furan rings is 1. The minimum atomic E-state index is -0.0944. The van der Waals surface area contributed by atoms with Crippen LogP contribution >= 0.6 is 0 Å². The molecule has 2 aliphatic heterocycles. The Morgan fingerprint density at radius 1 is 1.18 bits per heavy atom. The molecule has 3 rings (SSSR count). The van der Waals surface area contributed by atoms with Crippen molar-refractivity contribution in [1.82, 2.24) is 9.80 Å². The van der Waals surface area contributed by atoms with Gasteiger partial charge in [0.1, 0.15) is 5.76 Å². The molecule has 0 N–H and O–H groups in total. The monoisotopic (exact) mass is 306 g/mol. The largest absolute Gasteiger partial charge is 0.469 e. The molecule has 2 saturated heterocycles. The molecule has 0 aliphatic carbocycles. The fourth-order valence-electron chi connectivity index (χ4n) is 3.18. The van der Waals surface area contributed by atoms with E-state index in [1.165, 1.54) is 6.26 Å². The molecule has 1 atom stereocenters. The van der Waals surface area contributed by atoms with Gasteiger partial charge in [-0.2, -0.15) is 0 Å². The van der Waals surface area contributed by atoms with E-state index in [1.54, 1.807) is 17.9 Å². The molecule has 120 valence electrons. The Bertz CT molecular complexity index is 548. The topological polar surface area (TPSA) is 63.0 Å². The number of hydrogen-bond donors (Lipinski definition) is 0. The van der Waals surface area contributed by atoms with Crippen LogP contribution in [-0.4, -0.2) is 61.0 Å². The number of amides is 2. The number of likely N-dealkylation sites (tertiary alicyclic amines) is 1. The van der Waals surface area contributed by atoms with Crippen molar-refractivity contribution < 1.29 is 18.7 Å². The third-order valence-corrected chi connectivity index (χ3v) is 4.47. The Morgan fingerprint density at radius 3 is 2.64 bits per heavy atom. The molecule has 0 aromatic carbocycles. The van der Waals surface area contributed by atoms with Gasteiger partial charge in [0, 0.05) is 26.2 Å². The van der Waals surface area contributed by atoms with Crippen molar-refractivity contribution >= 4 is 11.8 Å². The maximum absolute atomic E-state index is 12.6. The Hall–Kier alpha value is -1.82. The van der Waals surface area contributed by atoms with Crippen molar-refractivity contribution in [3.8, 4) is 0 Å². The third-order valence-electron chi connectivity index (χ3n) is 4.47. The fourth-order valence-corrected chi connectivity index (χ4v) is 3.18. The maximum Gasteiger partial charge on any atom is 0.257 e. The summed E-state index contributed by atoms with van der Waals surface area (Å²) >= 11 is 0. The molecular formula is C16H22N2O4. The van der Waals surface area contributed by atoms with E-state index in [2.05, 4.69) is 0 Å². The molecule has 0 saturated carbocycles. The Labute approximate surface area is 130 Å². The Balaban J connectivity index is 1.65. The highest BCUT2D eigenvalue weighted by Crippen LogP contribution is 2.22. The molecule has 6 nitrogen and oxygen atoms in total. The average molecular weight is 306 g/mol. The zero-order valence-electron chi connectivity index (χ0n) is 12.9. The molecule has 2 fully saturated rings. The summed E-state index contributed by atoms with van der Waals surface area (Å²) in [7, 11) is 0. The first-order chi connectivity index (χ1) is 10.7. The number of piperidine rings is 1. The van der Waals surface area contributed by atoms with Gasteiger partial charge < -0.3 is 19.0 Å². The van der Waals surface area contributed by atoms with E-state index in [-0.39, 0.29) is 17.7 Å². The summed E-state index contributed by atoms with van der Waals surface area (Å²) < 4.78 is 10.5. The Kier molecular flexibility index (Phi) is 4.47. The smallest absolute Gasteiger partial charge is 0.257 e. The van der Waals surface area contributed by atoms with Crippen LogP contribution in [-0.2, 0) is 9.53 Å². The predicted octanol–water partition coefficient (Wildman–Crippen LogP) is 1.30. The summed E-state index contributed by atoms with van der Waals surface area (Å²) in [5.74, 6) is 0.657. The van der Waals surface area contributed by atoms with Crippen LogP contribution in [0.2, 0.25) is 0 Å². The summed E-state index contributed by atoms with van der Waals surface area (Å²) in [6.07, 6.45) is 3.25. The van der Waals surface area contributed by atoms with Crippen LogP contribution < -0.4 is 0 Å². The van der Waals surface area contributed by atoms with Crippen LogP contribution in [0.3, 0.4) is 0 Å². The quantitative estimate of drug-likeness (QED) is 0.826. The molecule has 3 heterocycles. The van der Waals surface area contributed by atoms with E-state index in [0.29, 0.717) is 50.7 Å². The van der Waals surface area contributed by atoms with Crippen LogP contribution in [0, 0.1) is 12.8 Å². The molecule has 22 heavy (non-hydrogen) atoms. The van der Waals surface area contributed by atoms with Crippen LogP contribution in [0.25, 0.3) is 0 Å². The second-order valence-electron chi connectivity index (χ2n) is 5.92. The number of morpholine rings is 1. The second-order valence-corrected chi connectivity index (χ2v) is 5.92. The second kappa shape index (κ2) is 6.52. The first kappa shape index (κ1) is 15.1. The summed E-state index contributed by atoms with van der Waals surface area (Å²) in [5.41, 5.74) is 0.597. The molecule has 0 spiro atoms. The molecule has 1 aromatic rings. The van der Waals surface area contributed by atoms with Crippen molar-refractivity contribution in [2.45, 2.75) is 19.8 Å². The van der Waals surface area contributed by atoms with Crippen molar-refractivity contribution in [1.29, 1.82) is 0 Å². The highest BCUT2D eigenvalue weighted by atomic mass is 16.5. The SMILES string of the molecule is Cc1occc1C(=O)N1CCC[C@H](C(=O)N2CCOCC2)C1. The average Bonchev–Trinajstić information content (AvgIpc) is 3.00. The van der Waals surface area contributed by atoms with Gasteiger partial charge in [0.2, 0.25) is 5.91 Å². The number of aryl methyl sites for hydroxylation is 1.